The van der Waals surface area contributed by atoms with Crippen molar-refractivity contribution in [3.63, 3.8) is 0 Å². The van der Waals surface area contributed by atoms with Gasteiger partial charge in [-0.1, -0.05) is 48.9 Å². The second kappa shape index (κ2) is 4.93. The van der Waals surface area contributed by atoms with Gasteiger partial charge in [0.1, 0.15) is 5.78 Å². The van der Waals surface area contributed by atoms with Crippen molar-refractivity contribution in [2.75, 3.05) is 0 Å². The lowest BCUT2D eigenvalue weighted by Crippen LogP contribution is -2.04. The molecule has 1 atom stereocenters. The minimum Gasteiger partial charge on any atom is -0.300 e. The van der Waals surface area contributed by atoms with Crippen LogP contribution in [0.15, 0.2) is 42.5 Å². The van der Waals surface area contributed by atoms with Crippen LogP contribution in [-0.2, 0) is 4.79 Å². The summed E-state index contributed by atoms with van der Waals surface area (Å²) >= 11 is 0. The van der Waals surface area contributed by atoms with E-state index in [0.29, 0.717) is 11.7 Å². The molecule has 0 amide bonds. The predicted molar refractivity (Wildman–Crippen MR) is 74.8 cm³/mol. The number of carbonyl (C=O) groups is 1. The van der Waals surface area contributed by atoms with Crippen molar-refractivity contribution < 1.29 is 4.79 Å². The summed E-state index contributed by atoms with van der Waals surface area (Å²) in [6, 6.07) is 15.0. The zero-order chi connectivity index (χ0) is 12.4. The largest absolute Gasteiger partial charge is 0.300 e. The van der Waals surface area contributed by atoms with E-state index in [1.165, 1.54) is 22.8 Å². The quantitative estimate of drug-likeness (QED) is 0.670. The first-order valence-corrected chi connectivity index (χ1v) is 6.84. The standard InChI is InChI=1S/C17H18O/c18-15-9-3-1-7-14(12-15)17-11-5-8-13-6-2-4-10-16(13)17/h2,4-6,8,10-11,14H,1,3,7,9,12H2/t14-/m1/s1. The number of carbonyl (C=O) groups excluding carboxylic acids is 1. The molecule has 92 valence electrons. The Bertz CT molecular complexity index is 565. The first-order chi connectivity index (χ1) is 8.84. The second-order valence-corrected chi connectivity index (χ2v) is 5.25. The number of rotatable bonds is 1. The summed E-state index contributed by atoms with van der Waals surface area (Å²) in [6.45, 7) is 0. The molecule has 0 radical (unpaired) electrons. The van der Waals surface area contributed by atoms with Crippen LogP contribution in [0, 0.1) is 0 Å². The molecule has 1 fully saturated rings. The van der Waals surface area contributed by atoms with Crippen LogP contribution >= 0.6 is 0 Å². The third kappa shape index (κ3) is 2.17. The molecule has 1 aliphatic carbocycles. The van der Waals surface area contributed by atoms with E-state index in [-0.39, 0.29) is 0 Å². The second-order valence-electron chi connectivity index (χ2n) is 5.25. The Balaban J connectivity index is 2.05. The summed E-state index contributed by atoms with van der Waals surface area (Å²) in [5, 5.41) is 2.60. The topological polar surface area (TPSA) is 17.1 Å². The summed E-state index contributed by atoms with van der Waals surface area (Å²) in [6.07, 6.45) is 4.91. The normalized spacial score (nSPS) is 20.9. The first-order valence-electron chi connectivity index (χ1n) is 6.84. The van der Waals surface area contributed by atoms with Gasteiger partial charge in [0, 0.05) is 12.8 Å². The fourth-order valence-electron chi connectivity index (χ4n) is 3.06. The van der Waals surface area contributed by atoms with Crippen LogP contribution in [0.3, 0.4) is 0 Å². The Morgan fingerprint density at radius 2 is 1.78 bits per heavy atom. The minimum atomic E-state index is 0.422. The van der Waals surface area contributed by atoms with Gasteiger partial charge in [-0.2, -0.15) is 0 Å². The third-order valence-electron chi connectivity index (χ3n) is 4.00. The SMILES string of the molecule is O=C1CCCC[C@@H](c2cccc3ccccc23)C1. The molecule has 2 aromatic rings. The van der Waals surface area contributed by atoms with Gasteiger partial charge in [0.05, 0.1) is 0 Å². The van der Waals surface area contributed by atoms with Crippen molar-refractivity contribution in [1.82, 2.24) is 0 Å². The molecule has 1 nitrogen and oxygen atoms in total. The molecule has 3 rings (SSSR count). The summed E-state index contributed by atoms with van der Waals surface area (Å²) < 4.78 is 0. The Kier molecular flexibility index (Phi) is 3.14. The number of benzene rings is 2. The van der Waals surface area contributed by atoms with Gasteiger partial charge in [-0.3, -0.25) is 4.79 Å². The number of Topliss-reactive ketones (excluding diaryl/α,β-unsaturated/α-hetero) is 1. The monoisotopic (exact) mass is 238 g/mol. The zero-order valence-electron chi connectivity index (χ0n) is 10.6. The van der Waals surface area contributed by atoms with Gasteiger partial charge in [0.15, 0.2) is 0 Å². The maximum Gasteiger partial charge on any atom is 0.133 e. The number of fused-ring (bicyclic) bond motifs is 1. The van der Waals surface area contributed by atoms with E-state index in [2.05, 4.69) is 42.5 Å². The van der Waals surface area contributed by atoms with Gasteiger partial charge in [0.25, 0.3) is 0 Å². The summed E-state index contributed by atoms with van der Waals surface area (Å²) in [5.74, 6) is 0.858. The Morgan fingerprint density at radius 1 is 0.944 bits per heavy atom. The number of ketones is 1. The Morgan fingerprint density at radius 3 is 2.72 bits per heavy atom. The highest BCUT2D eigenvalue weighted by Crippen LogP contribution is 2.34. The predicted octanol–water partition coefficient (Wildman–Crippen LogP) is 4.46. The fourth-order valence-corrected chi connectivity index (χ4v) is 3.06. The highest BCUT2D eigenvalue weighted by atomic mass is 16.1. The van der Waals surface area contributed by atoms with E-state index in [9.17, 15) is 4.79 Å². The van der Waals surface area contributed by atoms with Crippen LogP contribution in [0.25, 0.3) is 10.8 Å². The molecule has 0 unspecified atom stereocenters. The Hall–Kier alpha value is -1.63. The highest BCUT2D eigenvalue weighted by molar-refractivity contribution is 5.87. The molecule has 1 heteroatoms. The fraction of sp³-hybridized carbons (Fsp3) is 0.353. The molecular formula is C17H18O. The average molecular weight is 238 g/mol. The smallest absolute Gasteiger partial charge is 0.133 e. The molecule has 0 heterocycles. The molecule has 0 saturated heterocycles. The summed E-state index contributed by atoms with van der Waals surface area (Å²) in [4.78, 5) is 11.8. The lowest BCUT2D eigenvalue weighted by molar-refractivity contribution is -0.119. The third-order valence-corrected chi connectivity index (χ3v) is 4.00. The Labute approximate surface area is 108 Å². The number of hydrogen-bond donors (Lipinski definition) is 0. The van der Waals surface area contributed by atoms with Crippen LogP contribution < -0.4 is 0 Å². The molecule has 1 saturated carbocycles. The molecular weight excluding hydrogens is 220 g/mol. The number of hydrogen-bond acceptors (Lipinski definition) is 1. The van der Waals surface area contributed by atoms with Crippen molar-refractivity contribution >= 4 is 16.6 Å². The van der Waals surface area contributed by atoms with Crippen molar-refractivity contribution in [1.29, 1.82) is 0 Å². The van der Waals surface area contributed by atoms with E-state index in [0.717, 1.165) is 25.7 Å². The maximum absolute atomic E-state index is 11.8. The molecule has 2 aromatic carbocycles. The summed E-state index contributed by atoms with van der Waals surface area (Å²) in [5.41, 5.74) is 1.36. The van der Waals surface area contributed by atoms with Crippen LogP contribution in [0.4, 0.5) is 0 Å². The van der Waals surface area contributed by atoms with Crippen LogP contribution in [0.2, 0.25) is 0 Å². The van der Waals surface area contributed by atoms with Crippen LogP contribution in [-0.4, -0.2) is 5.78 Å². The van der Waals surface area contributed by atoms with Crippen molar-refractivity contribution in [2.45, 2.75) is 38.0 Å². The molecule has 1 aliphatic rings. The van der Waals surface area contributed by atoms with Gasteiger partial charge in [0.2, 0.25) is 0 Å². The molecule has 0 bridgehead atoms. The van der Waals surface area contributed by atoms with E-state index in [1.54, 1.807) is 0 Å². The van der Waals surface area contributed by atoms with Crippen LogP contribution in [0.1, 0.15) is 43.6 Å². The molecule has 0 N–H and O–H groups in total. The molecule has 0 spiro atoms. The lowest BCUT2D eigenvalue weighted by atomic mass is 9.88. The molecule has 18 heavy (non-hydrogen) atoms. The zero-order valence-corrected chi connectivity index (χ0v) is 10.6. The van der Waals surface area contributed by atoms with Crippen molar-refractivity contribution in [3.8, 4) is 0 Å². The lowest BCUT2D eigenvalue weighted by Gasteiger charge is -2.16. The highest BCUT2D eigenvalue weighted by Gasteiger charge is 2.20. The maximum atomic E-state index is 11.8. The van der Waals surface area contributed by atoms with E-state index in [4.69, 9.17) is 0 Å². The van der Waals surface area contributed by atoms with E-state index in [1.807, 2.05) is 0 Å². The van der Waals surface area contributed by atoms with Crippen molar-refractivity contribution in [2.24, 2.45) is 0 Å². The molecule has 0 aromatic heterocycles. The van der Waals surface area contributed by atoms with Gasteiger partial charge in [-0.25, -0.2) is 0 Å². The van der Waals surface area contributed by atoms with Crippen LogP contribution in [0.5, 0.6) is 0 Å². The van der Waals surface area contributed by atoms with Gasteiger partial charge >= 0.3 is 0 Å². The van der Waals surface area contributed by atoms with Gasteiger partial charge < -0.3 is 0 Å². The van der Waals surface area contributed by atoms with Gasteiger partial charge in [-0.05, 0) is 35.1 Å². The van der Waals surface area contributed by atoms with Crippen molar-refractivity contribution in [3.05, 3.63) is 48.0 Å². The average Bonchev–Trinajstić information content (AvgIpc) is 2.63. The first kappa shape index (κ1) is 11.5. The van der Waals surface area contributed by atoms with Gasteiger partial charge in [-0.15, -0.1) is 0 Å². The van der Waals surface area contributed by atoms with E-state index >= 15 is 0 Å². The minimum absolute atomic E-state index is 0.422. The molecule has 0 aliphatic heterocycles. The van der Waals surface area contributed by atoms with E-state index < -0.39 is 0 Å². The summed E-state index contributed by atoms with van der Waals surface area (Å²) in [7, 11) is 0.